The number of phosphoric acid groups is 1. The number of ether oxygens (including phenoxy) is 2. The van der Waals surface area contributed by atoms with Crippen molar-refractivity contribution in [1.29, 1.82) is 0 Å². The lowest BCUT2D eigenvalue weighted by molar-refractivity contribution is -0.870. The van der Waals surface area contributed by atoms with E-state index >= 15 is 0 Å². The van der Waals surface area contributed by atoms with Gasteiger partial charge in [-0.3, -0.25) is 9.05 Å². The summed E-state index contributed by atoms with van der Waals surface area (Å²) in [5.41, 5.74) is 0. The maximum Gasteiger partial charge on any atom is 0.472 e. The van der Waals surface area contributed by atoms with E-state index in [0.717, 1.165) is 0 Å². The van der Waals surface area contributed by atoms with Gasteiger partial charge in [-0.1, -0.05) is 0 Å². The van der Waals surface area contributed by atoms with Crippen molar-refractivity contribution < 1.29 is 32.5 Å². The highest BCUT2D eigenvalue weighted by molar-refractivity contribution is 7.47. The Bertz CT molecular complexity index is 341. The highest BCUT2D eigenvalue weighted by atomic mass is 31.2. The Labute approximate surface area is 114 Å². The van der Waals surface area contributed by atoms with Crippen molar-refractivity contribution in [3.05, 3.63) is 0 Å². The fraction of sp³-hybridized carbons (Fsp3) is 1.00. The molecule has 1 saturated heterocycles. The molecule has 1 aliphatic rings. The Morgan fingerprint density at radius 3 is 2.47 bits per heavy atom. The molecule has 1 aliphatic heterocycles. The molecule has 0 aromatic rings. The van der Waals surface area contributed by atoms with Crippen molar-refractivity contribution in [2.24, 2.45) is 0 Å². The van der Waals surface area contributed by atoms with Crippen molar-refractivity contribution in [3.63, 3.8) is 0 Å². The van der Waals surface area contributed by atoms with Crippen LogP contribution in [0.25, 0.3) is 0 Å². The Morgan fingerprint density at radius 1 is 1.37 bits per heavy atom. The average Bonchev–Trinajstić information content (AvgIpc) is 2.53. The van der Waals surface area contributed by atoms with Crippen molar-refractivity contribution in [1.82, 2.24) is 0 Å². The maximum atomic E-state index is 11.6. The molecule has 114 valence electrons. The van der Waals surface area contributed by atoms with Gasteiger partial charge in [0.1, 0.15) is 19.3 Å². The molecule has 1 fully saturated rings. The van der Waals surface area contributed by atoms with Gasteiger partial charge in [-0.15, -0.1) is 0 Å². The Kier molecular flexibility index (Phi) is 5.54. The lowest BCUT2D eigenvalue weighted by atomic mass is 10.4. The lowest BCUT2D eigenvalue weighted by Crippen LogP contribution is -2.37. The Hall–Kier alpha value is -0.0100. The van der Waals surface area contributed by atoms with Gasteiger partial charge in [-0.2, -0.15) is 0 Å². The fourth-order valence-corrected chi connectivity index (χ4v) is 2.23. The summed E-state index contributed by atoms with van der Waals surface area (Å²) in [6, 6.07) is 0. The zero-order valence-electron chi connectivity index (χ0n) is 12.3. The van der Waals surface area contributed by atoms with E-state index in [2.05, 4.69) is 0 Å². The third-order valence-electron chi connectivity index (χ3n) is 2.51. The fourth-order valence-electron chi connectivity index (χ4n) is 1.49. The van der Waals surface area contributed by atoms with E-state index in [1.54, 1.807) is 13.8 Å². The number of hydrogen-bond donors (Lipinski definition) is 1. The second-order valence-electron chi connectivity index (χ2n) is 6.06. The first-order chi connectivity index (χ1) is 8.49. The van der Waals surface area contributed by atoms with Crippen LogP contribution < -0.4 is 0 Å². The van der Waals surface area contributed by atoms with Gasteiger partial charge in [0.25, 0.3) is 0 Å². The average molecular weight is 298 g/mol. The molecule has 2 atom stereocenters. The molecule has 0 radical (unpaired) electrons. The molecule has 0 saturated carbocycles. The van der Waals surface area contributed by atoms with Gasteiger partial charge in [0.2, 0.25) is 0 Å². The predicted molar refractivity (Wildman–Crippen MR) is 69.5 cm³/mol. The van der Waals surface area contributed by atoms with Gasteiger partial charge in [0, 0.05) is 0 Å². The van der Waals surface area contributed by atoms with Crippen LogP contribution in [0, 0.1) is 0 Å². The van der Waals surface area contributed by atoms with Crippen LogP contribution in [-0.4, -0.2) is 68.8 Å². The minimum Gasteiger partial charge on any atom is -0.348 e. The summed E-state index contributed by atoms with van der Waals surface area (Å²) < 4.78 is 32.9. The summed E-state index contributed by atoms with van der Waals surface area (Å²) in [6.07, 6.45) is -0.350. The third kappa shape index (κ3) is 7.37. The van der Waals surface area contributed by atoms with Crippen molar-refractivity contribution in [2.75, 3.05) is 47.5 Å². The number of rotatable bonds is 7. The highest BCUT2D eigenvalue weighted by Gasteiger charge is 2.34. The first-order valence-electron chi connectivity index (χ1n) is 6.23. The molecule has 1 rings (SSSR count). The van der Waals surface area contributed by atoms with E-state index in [1.807, 2.05) is 21.1 Å². The second-order valence-corrected chi connectivity index (χ2v) is 7.52. The summed E-state index contributed by atoms with van der Waals surface area (Å²) in [5.74, 6) is -0.669. The topological polar surface area (TPSA) is 74.2 Å². The van der Waals surface area contributed by atoms with E-state index in [4.69, 9.17) is 18.5 Å². The van der Waals surface area contributed by atoms with Gasteiger partial charge in [0.15, 0.2) is 5.79 Å². The zero-order chi connectivity index (χ0) is 14.7. The Morgan fingerprint density at radius 2 is 2.00 bits per heavy atom. The van der Waals surface area contributed by atoms with Gasteiger partial charge < -0.3 is 18.9 Å². The van der Waals surface area contributed by atoms with Crippen molar-refractivity contribution >= 4 is 7.82 Å². The van der Waals surface area contributed by atoms with E-state index in [1.165, 1.54) is 0 Å². The molecule has 0 bridgehead atoms. The van der Waals surface area contributed by atoms with E-state index in [9.17, 15) is 9.46 Å². The van der Waals surface area contributed by atoms with Gasteiger partial charge in [0.05, 0.1) is 34.4 Å². The molecule has 8 heteroatoms. The number of nitrogens with zero attached hydrogens (tertiary/aromatic N) is 1. The standard InChI is InChI=1S/C11H24NO6P/c1-11(2)15-8-10(18-11)9-17-19(13,14)16-7-6-12(3,4)5/h10H,6-9H2,1-5H3/p+1. The third-order valence-corrected chi connectivity index (χ3v) is 3.49. The minimum absolute atomic E-state index is 0.0262. The molecule has 1 N–H and O–H groups in total. The molecule has 0 aromatic heterocycles. The molecular weight excluding hydrogens is 273 g/mol. The van der Waals surface area contributed by atoms with Crippen LogP contribution in [0.4, 0.5) is 0 Å². The zero-order valence-corrected chi connectivity index (χ0v) is 13.2. The van der Waals surface area contributed by atoms with Crippen LogP contribution in [0.15, 0.2) is 0 Å². The van der Waals surface area contributed by atoms with Gasteiger partial charge in [-0.05, 0) is 13.8 Å². The molecule has 0 aliphatic carbocycles. The normalized spacial score (nSPS) is 26.3. The maximum absolute atomic E-state index is 11.6. The molecule has 0 spiro atoms. The summed E-state index contributed by atoms with van der Waals surface area (Å²) >= 11 is 0. The molecular formula is C11H25NO6P+. The summed E-state index contributed by atoms with van der Waals surface area (Å²) in [7, 11) is 1.89. The molecule has 1 heterocycles. The van der Waals surface area contributed by atoms with Crippen molar-refractivity contribution in [3.8, 4) is 0 Å². The predicted octanol–water partition coefficient (Wildman–Crippen LogP) is 0.978. The highest BCUT2D eigenvalue weighted by Crippen LogP contribution is 2.43. The first kappa shape index (κ1) is 17.0. The van der Waals surface area contributed by atoms with Crippen LogP contribution in [0.5, 0.6) is 0 Å². The SMILES string of the molecule is CC1(C)OCC(COP(=O)(O)OCC[N+](C)(C)C)O1. The van der Waals surface area contributed by atoms with E-state index < -0.39 is 13.6 Å². The van der Waals surface area contributed by atoms with Crippen LogP contribution >= 0.6 is 7.82 Å². The smallest absolute Gasteiger partial charge is 0.348 e. The molecule has 0 amide bonds. The van der Waals surface area contributed by atoms with Gasteiger partial charge >= 0.3 is 7.82 Å². The summed E-state index contributed by atoms with van der Waals surface area (Å²) in [4.78, 5) is 9.51. The van der Waals surface area contributed by atoms with Gasteiger partial charge in [-0.25, -0.2) is 4.57 Å². The number of hydrogen-bond acceptors (Lipinski definition) is 5. The second kappa shape index (κ2) is 6.18. The molecule has 7 nitrogen and oxygen atoms in total. The van der Waals surface area contributed by atoms with Crippen LogP contribution in [0.2, 0.25) is 0 Å². The van der Waals surface area contributed by atoms with Crippen LogP contribution in [-0.2, 0) is 23.1 Å². The molecule has 19 heavy (non-hydrogen) atoms. The van der Waals surface area contributed by atoms with Crippen LogP contribution in [0.1, 0.15) is 13.8 Å². The molecule has 0 aromatic carbocycles. The summed E-state index contributed by atoms with van der Waals surface area (Å²) in [6.45, 7) is 4.65. The van der Waals surface area contributed by atoms with Crippen molar-refractivity contribution in [2.45, 2.75) is 25.7 Å². The monoisotopic (exact) mass is 298 g/mol. The van der Waals surface area contributed by atoms with E-state index in [-0.39, 0.29) is 19.3 Å². The summed E-state index contributed by atoms with van der Waals surface area (Å²) in [5, 5.41) is 0. The number of phosphoric ester groups is 1. The quantitative estimate of drug-likeness (QED) is 0.558. The number of likely N-dealkylation sites (N-methyl/N-ethyl adjacent to an activating group) is 1. The minimum atomic E-state index is -4.02. The van der Waals surface area contributed by atoms with E-state index in [0.29, 0.717) is 17.6 Å². The first-order valence-corrected chi connectivity index (χ1v) is 7.73. The number of quaternary nitrogens is 1. The largest absolute Gasteiger partial charge is 0.472 e. The molecule has 2 unspecified atom stereocenters. The van der Waals surface area contributed by atoms with Crippen LogP contribution in [0.3, 0.4) is 0 Å². The lowest BCUT2D eigenvalue weighted by Gasteiger charge is -2.24. The Balaban J connectivity index is 2.26.